The lowest BCUT2D eigenvalue weighted by atomic mass is 10.2. The van der Waals surface area contributed by atoms with Gasteiger partial charge >= 0.3 is 0 Å². The van der Waals surface area contributed by atoms with Gasteiger partial charge in [-0.25, -0.2) is 18.4 Å². The van der Waals surface area contributed by atoms with Crippen LogP contribution < -0.4 is 14.2 Å². The first-order valence-electron chi connectivity index (χ1n) is 11.2. The molecule has 0 aliphatic carbocycles. The average molecular weight is 557 g/mol. The Kier molecular flexibility index (Phi) is 9.53. The fourth-order valence-corrected chi connectivity index (χ4v) is 4.45. The molecule has 0 saturated heterocycles. The van der Waals surface area contributed by atoms with E-state index in [1.54, 1.807) is 13.8 Å². The molecule has 16 heteroatoms. The summed E-state index contributed by atoms with van der Waals surface area (Å²) in [5.41, 5.74) is 0.188. The molecule has 2 unspecified atom stereocenters. The van der Waals surface area contributed by atoms with Crippen LogP contribution in [0, 0.1) is 0 Å². The van der Waals surface area contributed by atoms with Crippen LogP contribution in [-0.4, -0.2) is 75.3 Å². The molecule has 3 aromatic rings. The molecular formula is C21H29ClN8O6S. The summed E-state index contributed by atoms with van der Waals surface area (Å²) in [6.45, 7) is 7.24. The lowest BCUT2D eigenvalue weighted by Crippen LogP contribution is -2.35. The average Bonchev–Trinajstić information content (AvgIpc) is 3.26. The van der Waals surface area contributed by atoms with E-state index in [1.165, 1.54) is 44.4 Å². The number of nitrogens with zero attached hydrogens (tertiary/aromatic N) is 7. The molecule has 0 radical (unpaired) electrons. The number of hydrogen-bond donors (Lipinski definition) is 1. The normalized spacial score (nSPS) is 13.4. The highest BCUT2D eigenvalue weighted by molar-refractivity contribution is 7.93. The van der Waals surface area contributed by atoms with Crippen molar-refractivity contribution in [2.45, 2.75) is 51.8 Å². The summed E-state index contributed by atoms with van der Waals surface area (Å²) in [4.78, 5) is 16.5. The molecule has 3 rings (SSSR count). The Bertz CT molecular complexity index is 1270. The van der Waals surface area contributed by atoms with Crippen molar-refractivity contribution in [1.29, 1.82) is 0 Å². The zero-order chi connectivity index (χ0) is 27.2. The molecular weight excluding hydrogens is 528 g/mol. The third-order valence-corrected chi connectivity index (χ3v) is 6.88. The molecule has 3 heterocycles. The SMILES string of the molecule is CCOCc1nnc(NS(=O)(=O)C(C)C(OC(C)C)c2ncc(Cl)cn2)n1-c1c(OC)ncnc1OC. The molecule has 0 aliphatic rings. The maximum Gasteiger partial charge on any atom is 0.245 e. The van der Waals surface area contributed by atoms with Crippen LogP contribution in [0.2, 0.25) is 5.02 Å². The second-order valence-electron chi connectivity index (χ2n) is 7.87. The fraction of sp³-hybridized carbons (Fsp3) is 0.524. The first-order valence-corrected chi connectivity index (χ1v) is 13.1. The summed E-state index contributed by atoms with van der Waals surface area (Å²) in [5.74, 6) is 0.471. The lowest BCUT2D eigenvalue weighted by molar-refractivity contribution is 0.00154. The second-order valence-corrected chi connectivity index (χ2v) is 10.3. The quantitative estimate of drug-likeness (QED) is 0.327. The molecule has 0 aromatic carbocycles. The molecule has 0 saturated carbocycles. The molecule has 37 heavy (non-hydrogen) atoms. The van der Waals surface area contributed by atoms with E-state index >= 15 is 0 Å². The highest BCUT2D eigenvalue weighted by Crippen LogP contribution is 2.33. The molecule has 2 atom stereocenters. The Morgan fingerprint density at radius 1 is 1.03 bits per heavy atom. The van der Waals surface area contributed by atoms with Gasteiger partial charge in [-0.05, 0) is 27.7 Å². The van der Waals surface area contributed by atoms with Gasteiger partial charge in [0.25, 0.3) is 0 Å². The predicted octanol–water partition coefficient (Wildman–Crippen LogP) is 2.35. The van der Waals surface area contributed by atoms with Crippen LogP contribution >= 0.6 is 11.6 Å². The first kappa shape index (κ1) is 28.4. The summed E-state index contributed by atoms with van der Waals surface area (Å²) in [6.07, 6.45) is 2.66. The van der Waals surface area contributed by atoms with Crippen molar-refractivity contribution in [3.05, 3.63) is 35.4 Å². The number of ether oxygens (including phenoxy) is 4. The van der Waals surface area contributed by atoms with Crippen LogP contribution in [0.25, 0.3) is 5.69 Å². The Hall–Kier alpha value is -3.14. The molecule has 3 aromatic heterocycles. The van der Waals surface area contributed by atoms with Crippen molar-refractivity contribution in [1.82, 2.24) is 34.7 Å². The third kappa shape index (κ3) is 6.60. The van der Waals surface area contributed by atoms with Crippen LogP contribution in [0.1, 0.15) is 45.4 Å². The van der Waals surface area contributed by atoms with E-state index in [-0.39, 0.29) is 47.8 Å². The van der Waals surface area contributed by atoms with E-state index in [1.807, 2.05) is 6.92 Å². The van der Waals surface area contributed by atoms with Crippen molar-refractivity contribution >= 4 is 27.6 Å². The standard InChI is InChI=1S/C21H29ClN8O6S/c1-7-35-10-15-27-28-21(30(15)16-19(33-5)25-11-26-20(16)34-6)29-37(31,32)13(4)17(36-12(2)3)18-23-8-14(22)9-24-18/h8-9,11-13,17H,7,10H2,1-6H3,(H,28,29). The molecule has 0 aliphatic heterocycles. The van der Waals surface area contributed by atoms with E-state index < -0.39 is 21.4 Å². The van der Waals surface area contributed by atoms with Crippen LogP contribution in [0.5, 0.6) is 11.8 Å². The Labute approximate surface area is 219 Å². The number of anilines is 1. The van der Waals surface area contributed by atoms with Crippen molar-refractivity contribution in [2.75, 3.05) is 25.5 Å². The van der Waals surface area contributed by atoms with Crippen LogP contribution in [0.3, 0.4) is 0 Å². The Morgan fingerprint density at radius 3 is 2.19 bits per heavy atom. The van der Waals surface area contributed by atoms with E-state index in [0.29, 0.717) is 11.6 Å². The number of rotatable bonds is 13. The van der Waals surface area contributed by atoms with Gasteiger partial charge in [0.1, 0.15) is 24.3 Å². The molecule has 0 amide bonds. The van der Waals surface area contributed by atoms with Crippen molar-refractivity contribution in [2.24, 2.45) is 0 Å². The van der Waals surface area contributed by atoms with Crippen LogP contribution in [-0.2, 0) is 26.1 Å². The smallest absolute Gasteiger partial charge is 0.245 e. The largest absolute Gasteiger partial charge is 0.479 e. The highest BCUT2D eigenvalue weighted by atomic mass is 35.5. The van der Waals surface area contributed by atoms with Gasteiger partial charge in [0.15, 0.2) is 17.3 Å². The molecule has 0 fully saturated rings. The summed E-state index contributed by atoms with van der Waals surface area (Å²) < 4.78 is 53.2. The molecule has 202 valence electrons. The Balaban J connectivity index is 2.07. The van der Waals surface area contributed by atoms with E-state index in [2.05, 4.69) is 34.9 Å². The highest BCUT2D eigenvalue weighted by Gasteiger charge is 2.36. The third-order valence-electron chi connectivity index (χ3n) is 4.99. The van der Waals surface area contributed by atoms with Crippen LogP contribution in [0.4, 0.5) is 5.95 Å². The molecule has 1 N–H and O–H groups in total. The fourth-order valence-electron chi connectivity index (χ4n) is 3.27. The van der Waals surface area contributed by atoms with E-state index in [4.69, 9.17) is 30.5 Å². The van der Waals surface area contributed by atoms with Gasteiger partial charge in [-0.2, -0.15) is 9.97 Å². The zero-order valence-corrected chi connectivity index (χ0v) is 22.8. The van der Waals surface area contributed by atoms with Crippen LogP contribution in [0.15, 0.2) is 18.7 Å². The van der Waals surface area contributed by atoms with E-state index in [0.717, 1.165) is 0 Å². The minimum absolute atomic E-state index is 0.0136. The van der Waals surface area contributed by atoms with Gasteiger partial charge in [-0.1, -0.05) is 11.6 Å². The Morgan fingerprint density at radius 2 is 1.65 bits per heavy atom. The summed E-state index contributed by atoms with van der Waals surface area (Å²) >= 11 is 5.91. The maximum atomic E-state index is 13.6. The number of nitrogens with one attached hydrogen (secondary N) is 1. The predicted molar refractivity (Wildman–Crippen MR) is 133 cm³/mol. The summed E-state index contributed by atoms with van der Waals surface area (Å²) in [5, 5.41) is 7.31. The first-order chi connectivity index (χ1) is 17.6. The van der Waals surface area contributed by atoms with Gasteiger partial charge in [0, 0.05) is 19.0 Å². The monoisotopic (exact) mass is 556 g/mol. The lowest BCUT2D eigenvalue weighted by Gasteiger charge is -2.25. The second kappa shape index (κ2) is 12.4. The number of methoxy groups -OCH3 is 2. The summed E-state index contributed by atoms with van der Waals surface area (Å²) in [6, 6.07) is 0. The number of aromatic nitrogens is 7. The zero-order valence-electron chi connectivity index (χ0n) is 21.2. The number of hydrogen-bond acceptors (Lipinski definition) is 12. The van der Waals surface area contributed by atoms with Crippen molar-refractivity contribution in [3.63, 3.8) is 0 Å². The topological polar surface area (TPSA) is 165 Å². The van der Waals surface area contributed by atoms with Gasteiger partial charge in [-0.15, -0.1) is 10.2 Å². The van der Waals surface area contributed by atoms with E-state index in [9.17, 15) is 8.42 Å². The minimum Gasteiger partial charge on any atom is -0.479 e. The van der Waals surface area contributed by atoms with Gasteiger partial charge in [0.05, 0.1) is 25.3 Å². The molecule has 14 nitrogen and oxygen atoms in total. The number of sulfonamides is 1. The van der Waals surface area contributed by atoms with Gasteiger partial charge < -0.3 is 18.9 Å². The van der Waals surface area contributed by atoms with Gasteiger partial charge in [-0.3, -0.25) is 9.29 Å². The number of halogens is 1. The molecule has 0 spiro atoms. The van der Waals surface area contributed by atoms with Crippen molar-refractivity contribution < 1.29 is 27.4 Å². The summed E-state index contributed by atoms with van der Waals surface area (Å²) in [7, 11) is -1.35. The minimum atomic E-state index is -4.17. The van der Waals surface area contributed by atoms with Gasteiger partial charge in [0.2, 0.25) is 27.7 Å². The van der Waals surface area contributed by atoms with Crippen molar-refractivity contribution in [3.8, 4) is 17.4 Å². The molecule has 0 bridgehead atoms. The maximum absolute atomic E-state index is 13.6.